The molecule has 1 aromatic rings. The summed E-state index contributed by atoms with van der Waals surface area (Å²) in [5.74, 6) is 2.28. The molecule has 2 aliphatic heterocycles. The maximum atomic E-state index is 6.06. The van der Waals surface area contributed by atoms with Crippen molar-refractivity contribution in [2.24, 2.45) is 0 Å². The van der Waals surface area contributed by atoms with Crippen molar-refractivity contribution in [2.75, 3.05) is 5.32 Å². The standard InChI is InChI=1S/C13H16ClN3O/c14-11-6-12(17-13(16-11)7-1-2-7)15-9-5-8-3-4-10(9)18-8/h6-10H,1-5H2,(H,15,16,17). The lowest BCUT2D eigenvalue weighted by molar-refractivity contribution is 0.102. The van der Waals surface area contributed by atoms with Crippen molar-refractivity contribution in [3.05, 3.63) is 17.0 Å². The smallest absolute Gasteiger partial charge is 0.135 e. The highest BCUT2D eigenvalue weighted by atomic mass is 35.5. The van der Waals surface area contributed by atoms with Crippen LogP contribution in [0.1, 0.15) is 43.8 Å². The zero-order valence-electron chi connectivity index (χ0n) is 10.1. The summed E-state index contributed by atoms with van der Waals surface area (Å²) in [6.07, 6.45) is 6.65. The molecule has 1 saturated carbocycles. The summed E-state index contributed by atoms with van der Waals surface area (Å²) in [4.78, 5) is 8.88. The zero-order chi connectivity index (χ0) is 12.1. The monoisotopic (exact) mass is 265 g/mol. The van der Waals surface area contributed by atoms with E-state index in [-0.39, 0.29) is 0 Å². The van der Waals surface area contributed by atoms with E-state index in [4.69, 9.17) is 16.3 Å². The molecule has 18 heavy (non-hydrogen) atoms. The fourth-order valence-electron chi connectivity index (χ4n) is 3.01. The Bertz CT molecular complexity index is 477. The number of nitrogens with one attached hydrogen (secondary N) is 1. The van der Waals surface area contributed by atoms with Gasteiger partial charge in [-0.1, -0.05) is 11.6 Å². The molecular formula is C13H16ClN3O. The number of hydrogen-bond acceptors (Lipinski definition) is 4. The lowest BCUT2D eigenvalue weighted by Gasteiger charge is -2.20. The van der Waals surface area contributed by atoms with E-state index in [0.29, 0.717) is 29.3 Å². The molecule has 1 aliphatic carbocycles. The summed E-state index contributed by atoms with van der Waals surface area (Å²) < 4.78 is 5.84. The first-order valence-electron chi connectivity index (χ1n) is 6.74. The second-order valence-corrected chi connectivity index (χ2v) is 5.96. The number of anilines is 1. The Morgan fingerprint density at radius 1 is 1.22 bits per heavy atom. The molecule has 3 fully saturated rings. The van der Waals surface area contributed by atoms with Crippen LogP contribution in [0.2, 0.25) is 5.15 Å². The lowest BCUT2D eigenvalue weighted by atomic mass is 9.95. The van der Waals surface area contributed by atoms with E-state index < -0.39 is 0 Å². The van der Waals surface area contributed by atoms with Gasteiger partial charge in [-0.2, -0.15) is 0 Å². The van der Waals surface area contributed by atoms with Crippen LogP contribution in [0.4, 0.5) is 5.82 Å². The summed E-state index contributed by atoms with van der Waals surface area (Å²) in [5.41, 5.74) is 0. The Labute approximate surface area is 111 Å². The molecule has 2 bridgehead atoms. The van der Waals surface area contributed by atoms with Crippen molar-refractivity contribution in [1.29, 1.82) is 0 Å². The van der Waals surface area contributed by atoms with E-state index in [2.05, 4.69) is 15.3 Å². The Morgan fingerprint density at radius 3 is 2.78 bits per heavy atom. The topological polar surface area (TPSA) is 47.0 Å². The van der Waals surface area contributed by atoms with Crippen LogP contribution >= 0.6 is 11.6 Å². The van der Waals surface area contributed by atoms with Crippen LogP contribution in [0.3, 0.4) is 0 Å². The number of fused-ring (bicyclic) bond motifs is 2. The lowest BCUT2D eigenvalue weighted by Crippen LogP contribution is -2.30. The van der Waals surface area contributed by atoms with Gasteiger partial charge in [-0.05, 0) is 32.1 Å². The number of rotatable bonds is 3. The number of ether oxygens (including phenoxy) is 1. The average molecular weight is 266 g/mol. The molecule has 0 radical (unpaired) electrons. The van der Waals surface area contributed by atoms with Crippen molar-refractivity contribution in [2.45, 2.75) is 56.3 Å². The van der Waals surface area contributed by atoms with E-state index in [0.717, 1.165) is 24.5 Å². The van der Waals surface area contributed by atoms with Crippen LogP contribution < -0.4 is 5.32 Å². The van der Waals surface area contributed by atoms with Gasteiger partial charge in [0.1, 0.15) is 16.8 Å². The molecule has 0 aromatic carbocycles. The molecule has 4 nitrogen and oxygen atoms in total. The summed E-state index contributed by atoms with van der Waals surface area (Å²) in [7, 11) is 0. The zero-order valence-corrected chi connectivity index (χ0v) is 10.9. The Balaban J connectivity index is 1.53. The van der Waals surface area contributed by atoms with Gasteiger partial charge < -0.3 is 10.1 Å². The van der Waals surface area contributed by atoms with Crippen LogP contribution in [0, 0.1) is 0 Å². The molecule has 1 aromatic heterocycles. The predicted octanol–water partition coefficient (Wildman–Crippen LogP) is 2.74. The Hall–Kier alpha value is -0.870. The highest BCUT2D eigenvalue weighted by Gasteiger charge is 2.41. The summed E-state index contributed by atoms with van der Waals surface area (Å²) in [6, 6.07) is 2.21. The number of halogens is 1. The summed E-state index contributed by atoms with van der Waals surface area (Å²) in [5, 5.41) is 4.02. The number of aromatic nitrogens is 2. The summed E-state index contributed by atoms with van der Waals surface area (Å²) >= 11 is 6.06. The van der Waals surface area contributed by atoms with Crippen LogP contribution in [-0.2, 0) is 4.74 Å². The van der Waals surface area contributed by atoms with Gasteiger partial charge in [0.05, 0.1) is 18.2 Å². The van der Waals surface area contributed by atoms with Gasteiger partial charge in [-0.25, -0.2) is 9.97 Å². The third-order valence-corrected chi connectivity index (χ3v) is 4.29. The molecular weight excluding hydrogens is 250 g/mol. The maximum absolute atomic E-state index is 6.06. The van der Waals surface area contributed by atoms with E-state index in [1.165, 1.54) is 19.3 Å². The average Bonchev–Trinajstić information content (AvgIpc) is 3.00. The number of hydrogen-bond donors (Lipinski definition) is 1. The Kier molecular flexibility index (Phi) is 2.49. The molecule has 3 atom stereocenters. The molecule has 3 unspecified atom stereocenters. The Morgan fingerprint density at radius 2 is 2.11 bits per heavy atom. The molecule has 0 spiro atoms. The van der Waals surface area contributed by atoms with Gasteiger partial charge in [0, 0.05) is 12.0 Å². The largest absolute Gasteiger partial charge is 0.373 e. The fourth-order valence-corrected chi connectivity index (χ4v) is 3.20. The third-order valence-electron chi connectivity index (χ3n) is 4.09. The SMILES string of the molecule is Clc1cc(NC2CC3CCC2O3)nc(C2CC2)n1. The quantitative estimate of drug-likeness (QED) is 0.854. The molecule has 2 saturated heterocycles. The van der Waals surface area contributed by atoms with E-state index in [9.17, 15) is 0 Å². The van der Waals surface area contributed by atoms with E-state index >= 15 is 0 Å². The summed E-state index contributed by atoms with van der Waals surface area (Å²) in [6.45, 7) is 0. The molecule has 0 amide bonds. The van der Waals surface area contributed by atoms with Crippen molar-refractivity contribution >= 4 is 17.4 Å². The van der Waals surface area contributed by atoms with Gasteiger partial charge in [0.15, 0.2) is 0 Å². The minimum atomic E-state index is 0.355. The molecule has 5 heteroatoms. The van der Waals surface area contributed by atoms with Crippen molar-refractivity contribution in [3.63, 3.8) is 0 Å². The van der Waals surface area contributed by atoms with Gasteiger partial charge in [0.2, 0.25) is 0 Å². The first-order chi connectivity index (χ1) is 8.78. The minimum Gasteiger partial charge on any atom is -0.373 e. The predicted molar refractivity (Wildman–Crippen MR) is 68.9 cm³/mol. The van der Waals surface area contributed by atoms with E-state index in [1.54, 1.807) is 0 Å². The molecule has 3 heterocycles. The molecule has 1 N–H and O–H groups in total. The van der Waals surface area contributed by atoms with Crippen molar-refractivity contribution < 1.29 is 4.74 Å². The highest BCUT2D eigenvalue weighted by molar-refractivity contribution is 6.29. The normalized spacial score (nSPS) is 33.9. The molecule has 4 rings (SSSR count). The van der Waals surface area contributed by atoms with Gasteiger partial charge in [-0.3, -0.25) is 0 Å². The fraction of sp³-hybridized carbons (Fsp3) is 0.692. The molecule has 3 aliphatic rings. The first kappa shape index (κ1) is 11.0. The third kappa shape index (κ3) is 1.97. The number of nitrogens with zero attached hydrogens (tertiary/aromatic N) is 2. The molecule has 96 valence electrons. The van der Waals surface area contributed by atoms with Gasteiger partial charge in [0.25, 0.3) is 0 Å². The van der Waals surface area contributed by atoms with Crippen molar-refractivity contribution in [1.82, 2.24) is 9.97 Å². The minimum absolute atomic E-state index is 0.355. The van der Waals surface area contributed by atoms with E-state index in [1.807, 2.05) is 6.07 Å². The van der Waals surface area contributed by atoms with Gasteiger partial charge in [-0.15, -0.1) is 0 Å². The first-order valence-corrected chi connectivity index (χ1v) is 7.12. The van der Waals surface area contributed by atoms with Gasteiger partial charge >= 0.3 is 0 Å². The second kappa shape index (κ2) is 4.07. The van der Waals surface area contributed by atoms with Crippen LogP contribution in [0.5, 0.6) is 0 Å². The second-order valence-electron chi connectivity index (χ2n) is 5.57. The van der Waals surface area contributed by atoms with Crippen LogP contribution in [-0.4, -0.2) is 28.2 Å². The van der Waals surface area contributed by atoms with Crippen LogP contribution in [0.15, 0.2) is 6.07 Å². The van der Waals surface area contributed by atoms with Crippen LogP contribution in [0.25, 0.3) is 0 Å². The maximum Gasteiger partial charge on any atom is 0.135 e. The van der Waals surface area contributed by atoms with Crippen molar-refractivity contribution in [3.8, 4) is 0 Å². The highest BCUT2D eigenvalue weighted by Crippen LogP contribution is 2.39.